The first-order chi connectivity index (χ1) is 27.7. The van der Waals surface area contributed by atoms with Crippen molar-refractivity contribution >= 4 is 5.97 Å². The second-order valence-corrected chi connectivity index (χ2v) is 18.2. The highest BCUT2D eigenvalue weighted by Crippen LogP contribution is 2.39. The molecule has 0 aliphatic heterocycles. The molecule has 2 N–H and O–H groups in total. The van der Waals surface area contributed by atoms with E-state index in [1.807, 2.05) is 38.1 Å². The quantitative estimate of drug-likeness (QED) is 0.0528. The summed E-state index contributed by atoms with van der Waals surface area (Å²) in [5.41, 5.74) is 3.24. The molecule has 0 fully saturated rings. The van der Waals surface area contributed by atoms with Crippen LogP contribution < -0.4 is 0 Å². The third-order valence-corrected chi connectivity index (χ3v) is 12.9. The Balaban J connectivity index is 1.80. The lowest BCUT2D eigenvalue weighted by Crippen LogP contribution is -2.26. The van der Waals surface area contributed by atoms with Crippen LogP contribution in [0, 0.1) is 19.8 Å². The van der Waals surface area contributed by atoms with Crippen molar-refractivity contribution < 1.29 is 19.7 Å². The topological polar surface area (TPSA) is 66.8 Å². The Labute approximate surface area is 352 Å². The first-order valence-electron chi connectivity index (χ1n) is 24.5. The molecule has 2 aromatic rings. The van der Waals surface area contributed by atoms with Crippen LogP contribution in [0.25, 0.3) is 0 Å². The molecule has 0 spiro atoms. The Morgan fingerprint density at radius 1 is 0.526 bits per heavy atom. The third kappa shape index (κ3) is 23.0. The first-order valence-corrected chi connectivity index (χ1v) is 24.5. The zero-order valence-electron chi connectivity index (χ0n) is 38.1. The molecular weight excluding hydrogens is 701 g/mol. The lowest BCUT2D eigenvalue weighted by Gasteiger charge is -2.32. The number of rotatable bonds is 37. The van der Waals surface area contributed by atoms with E-state index in [4.69, 9.17) is 4.74 Å². The summed E-state index contributed by atoms with van der Waals surface area (Å²) < 4.78 is 6.08. The Bertz CT molecular complexity index is 1230. The SMILES string of the molecule is CCCCCCCCCCCCCCCCCCC(CCCCCCCCCCCCCC)COC(=O)CCC(C)(c1ccc(O)c(C)c1)c1ccc(O)c(C)c1. The number of hydrogen-bond donors (Lipinski definition) is 2. The number of ether oxygens (including phenoxy) is 1. The molecule has 0 aliphatic carbocycles. The van der Waals surface area contributed by atoms with Crippen molar-refractivity contribution in [2.24, 2.45) is 5.92 Å². The molecule has 4 heteroatoms. The van der Waals surface area contributed by atoms with Gasteiger partial charge in [0, 0.05) is 11.8 Å². The average molecular weight is 791 g/mol. The second-order valence-electron chi connectivity index (χ2n) is 18.2. The van der Waals surface area contributed by atoms with Gasteiger partial charge in [-0.2, -0.15) is 0 Å². The Hall–Kier alpha value is -2.49. The molecule has 57 heavy (non-hydrogen) atoms. The predicted octanol–water partition coefficient (Wildman–Crippen LogP) is 16.7. The van der Waals surface area contributed by atoms with Gasteiger partial charge < -0.3 is 14.9 Å². The van der Waals surface area contributed by atoms with Gasteiger partial charge in [0.15, 0.2) is 0 Å². The Kier molecular flexibility index (Phi) is 28.8. The van der Waals surface area contributed by atoms with E-state index in [0.717, 1.165) is 35.1 Å². The molecule has 1 unspecified atom stereocenters. The molecule has 4 nitrogen and oxygen atoms in total. The van der Waals surface area contributed by atoms with Crippen molar-refractivity contribution in [1.82, 2.24) is 0 Å². The normalized spacial score (nSPS) is 12.3. The summed E-state index contributed by atoms with van der Waals surface area (Å²) in [6.45, 7) is 11.1. The fraction of sp³-hybridized carbons (Fsp3) is 0.755. The maximum atomic E-state index is 13.4. The number of unbranched alkanes of at least 4 members (excludes halogenated alkanes) is 26. The van der Waals surface area contributed by atoms with Crippen molar-refractivity contribution in [3.63, 3.8) is 0 Å². The zero-order chi connectivity index (χ0) is 41.4. The number of carbonyl (C=O) groups is 1. The van der Waals surface area contributed by atoms with Crippen molar-refractivity contribution in [3.05, 3.63) is 58.7 Å². The lowest BCUT2D eigenvalue weighted by atomic mass is 9.72. The molecule has 2 rings (SSSR count). The first kappa shape index (κ1) is 50.7. The Morgan fingerprint density at radius 3 is 1.16 bits per heavy atom. The van der Waals surface area contributed by atoms with Gasteiger partial charge in [-0.15, -0.1) is 0 Å². The monoisotopic (exact) mass is 791 g/mol. The highest BCUT2D eigenvalue weighted by atomic mass is 16.5. The minimum absolute atomic E-state index is 0.126. The van der Waals surface area contributed by atoms with E-state index in [1.54, 1.807) is 12.1 Å². The zero-order valence-corrected chi connectivity index (χ0v) is 38.1. The van der Waals surface area contributed by atoms with E-state index in [-0.39, 0.29) is 17.5 Å². The number of aromatic hydroxyl groups is 2. The van der Waals surface area contributed by atoms with E-state index in [2.05, 4.69) is 20.8 Å². The standard InChI is InChI=1S/C53H90O4/c1-6-8-10-12-14-16-18-20-21-22-23-25-27-29-31-33-35-47(34-32-30-28-26-24-19-17-15-13-11-9-7-2)44-57-52(56)40-41-53(5,48-36-38-50(54)45(3)42-48)49-37-39-51(55)46(4)43-49/h36-39,42-43,47,54-55H,6-35,40-41,44H2,1-5H3. The van der Waals surface area contributed by atoms with E-state index >= 15 is 0 Å². The maximum absolute atomic E-state index is 13.4. The summed E-state index contributed by atoms with van der Waals surface area (Å²) in [4.78, 5) is 13.4. The fourth-order valence-corrected chi connectivity index (χ4v) is 8.65. The van der Waals surface area contributed by atoms with Crippen molar-refractivity contribution in [1.29, 1.82) is 0 Å². The van der Waals surface area contributed by atoms with Crippen molar-refractivity contribution in [3.8, 4) is 11.5 Å². The van der Waals surface area contributed by atoms with Crippen LogP contribution in [0.3, 0.4) is 0 Å². The smallest absolute Gasteiger partial charge is 0.305 e. The Morgan fingerprint density at radius 2 is 0.842 bits per heavy atom. The summed E-state index contributed by atoms with van der Waals surface area (Å²) in [6.07, 6.45) is 41.7. The molecule has 0 aliphatic rings. The van der Waals surface area contributed by atoms with Crippen LogP contribution >= 0.6 is 0 Å². The maximum Gasteiger partial charge on any atom is 0.305 e. The van der Waals surface area contributed by atoms with Crippen molar-refractivity contribution in [2.45, 2.75) is 245 Å². The van der Waals surface area contributed by atoms with E-state index in [9.17, 15) is 15.0 Å². The van der Waals surface area contributed by atoms with Crippen LogP contribution in [0.1, 0.15) is 248 Å². The minimum atomic E-state index is -0.474. The van der Waals surface area contributed by atoms with Crippen LogP contribution in [-0.2, 0) is 14.9 Å². The molecule has 2 aromatic carbocycles. The van der Waals surface area contributed by atoms with Crippen LogP contribution in [0.5, 0.6) is 11.5 Å². The van der Waals surface area contributed by atoms with Gasteiger partial charge in [-0.3, -0.25) is 4.79 Å². The van der Waals surface area contributed by atoms with Gasteiger partial charge >= 0.3 is 5.97 Å². The predicted molar refractivity (Wildman–Crippen MR) is 246 cm³/mol. The van der Waals surface area contributed by atoms with Gasteiger partial charge in [0.25, 0.3) is 0 Å². The second kappa shape index (κ2) is 32.4. The summed E-state index contributed by atoms with van der Waals surface area (Å²) in [5, 5.41) is 20.5. The highest BCUT2D eigenvalue weighted by molar-refractivity contribution is 5.69. The number of hydrogen-bond acceptors (Lipinski definition) is 4. The summed E-state index contributed by atoms with van der Waals surface area (Å²) in [6, 6.07) is 11.4. The van der Waals surface area contributed by atoms with Crippen LogP contribution in [-0.4, -0.2) is 22.8 Å². The molecule has 0 radical (unpaired) electrons. The molecule has 1 atom stereocenters. The summed E-state index contributed by atoms with van der Waals surface area (Å²) in [7, 11) is 0. The molecule has 0 heterocycles. The van der Waals surface area contributed by atoms with Gasteiger partial charge in [-0.25, -0.2) is 0 Å². The van der Waals surface area contributed by atoms with E-state index in [0.29, 0.717) is 25.4 Å². The van der Waals surface area contributed by atoms with Crippen molar-refractivity contribution in [2.75, 3.05) is 6.61 Å². The van der Waals surface area contributed by atoms with Gasteiger partial charge in [0.05, 0.1) is 6.61 Å². The van der Waals surface area contributed by atoms with Crippen LogP contribution in [0.15, 0.2) is 36.4 Å². The van der Waals surface area contributed by atoms with Gasteiger partial charge in [0.2, 0.25) is 0 Å². The molecule has 0 bridgehead atoms. The fourth-order valence-electron chi connectivity index (χ4n) is 8.65. The number of aryl methyl sites for hydroxylation is 2. The molecule has 0 saturated heterocycles. The largest absolute Gasteiger partial charge is 0.508 e. The summed E-state index contributed by atoms with van der Waals surface area (Å²) >= 11 is 0. The molecule has 0 saturated carbocycles. The van der Waals surface area contributed by atoms with Crippen LogP contribution in [0.4, 0.5) is 0 Å². The lowest BCUT2D eigenvalue weighted by molar-refractivity contribution is -0.145. The van der Waals surface area contributed by atoms with Crippen LogP contribution in [0.2, 0.25) is 0 Å². The molecule has 326 valence electrons. The molecular formula is C53H90O4. The van der Waals surface area contributed by atoms with Gasteiger partial charge in [0.1, 0.15) is 11.5 Å². The van der Waals surface area contributed by atoms with E-state index < -0.39 is 5.41 Å². The molecule has 0 aromatic heterocycles. The number of phenolic OH excluding ortho intramolecular Hbond substituents is 2. The third-order valence-electron chi connectivity index (χ3n) is 12.9. The van der Waals surface area contributed by atoms with Gasteiger partial charge in [-0.05, 0) is 73.4 Å². The minimum Gasteiger partial charge on any atom is -0.508 e. The number of carbonyl (C=O) groups excluding carboxylic acids is 1. The molecule has 0 amide bonds. The number of esters is 1. The number of benzene rings is 2. The highest BCUT2D eigenvalue weighted by Gasteiger charge is 2.31. The number of phenols is 2. The van der Waals surface area contributed by atoms with Gasteiger partial charge in [-0.1, -0.05) is 225 Å². The van der Waals surface area contributed by atoms with E-state index in [1.165, 1.54) is 180 Å². The average Bonchev–Trinajstić information content (AvgIpc) is 3.20. The summed E-state index contributed by atoms with van der Waals surface area (Å²) in [5.74, 6) is 0.852.